The Hall–Kier alpha value is -4.82. The van der Waals surface area contributed by atoms with E-state index >= 15 is 0 Å². The molecule has 0 saturated heterocycles. The van der Waals surface area contributed by atoms with Gasteiger partial charge in [0.2, 0.25) is 0 Å². The van der Waals surface area contributed by atoms with Crippen LogP contribution in [0.3, 0.4) is 0 Å². The normalized spacial score (nSPS) is 11.0. The molecule has 6 rings (SSSR count). The van der Waals surface area contributed by atoms with E-state index in [1.807, 2.05) is 48.5 Å². The van der Waals surface area contributed by atoms with Crippen molar-refractivity contribution in [3.8, 4) is 33.4 Å². The fraction of sp³-hybridized carbons (Fsp3) is 0. The van der Waals surface area contributed by atoms with E-state index in [9.17, 15) is 9.59 Å². The lowest BCUT2D eigenvalue weighted by molar-refractivity contribution is 0.111. The first kappa shape index (κ1) is 21.7. The Labute approximate surface area is 209 Å². The monoisotopic (exact) mass is 462 g/mol. The number of rotatable bonds is 5. The highest BCUT2D eigenvalue weighted by Crippen LogP contribution is 2.40. The molecule has 0 bridgehead atoms. The second-order valence-corrected chi connectivity index (χ2v) is 8.82. The predicted molar refractivity (Wildman–Crippen MR) is 149 cm³/mol. The van der Waals surface area contributed by atoms with E-state index in [2.05, 4.69) is 72.8 Å². The van der Waals surface area contributed by atoms with Crippen molar-refractivity contribution in [2.75, 3.05) is 0 Å². The zero-order valence-corrected chi connectivity index (χ0v) is 19.5. The number of aldehydes is 2. The minimum atomic E-state index is 0.680. The van der Waals surface area contributed by atoms with Crippen LogP contribution < -0.4 is 0 Å². The van der Waals surface area contributed by atoms with Gasteiger partial charge in [0.1, 0.15) is 0 Å². The smallest absolute Gasteiger partial charge is 0.150 e. The van der Waals surface area contributed by atoms with Crippen molar-refractivity contribution in [2.45, 2.75) is 0 Å². The molecule has 6 aromatic carbocycles. The van der Waals surface area contributed by atoms with Crippen molar-refractivity contribution in [2.24, 2.45) is 0 Å². The molecule has 0 heterocycles. The molecule has 0 atom stereocenters. The zero-order valence-electron chi connectivity index (χ0n) is 19.5. The first-order valence-electron chi connectivity index (χ1n) is 11.9. The van der Waals surface area contributed by atoms with Crippen molar-refractivity contribution in [1.82, 2.24) is 0 Å². The summed E-state index contributed by atoms with van der Waals surface area (Å²) in [4.78, 5) is 23.5. The maximum absolute atomic E-state index is 11.7. The van der Waals surface area contributed by atoms with Gasteiger partial charge in [0.05, 0.1) is 0 Å². The van der Waals surface area contributed by atoms with E-state index in [0.717, 1.165) is 67.5 Å². The highest BCUT2D eigenvalue weighted by molar-refractivity contribution is 6.12. The van der Waals surface area contributed by atoms with E-state index in [-0.39, 0.29) is 0 Å². The first-order chi connectivity index (χ1) is 17.8. The van der Waals surface area contributed by atoms with Crippen molar-refractivity contribution >= 4 is 34.1 Å². The highest BCUT2D eigenvalue weighted by Gasteiger charge is 2.14. The Morgan fingerprint density at radius 3 is 0.917 bits per heavy atom. The summed E-state index contributed by atoms with van der Waals surface area (Å²) >= 11 is 0. The van der Waals surface area contributed by atoms with Crippen LogP contribution in [0.15, 0.2) is 121 Å². The van der Waals surface area contributed by atoms with Gasteiger partial charge in [-0.25, -0.2) is 0 Å². The number of hydrogen-bond donors (Lipinski definition) is 0. The SMILES string of the molecule is O=Cc1ccccc1-c1cccc2c(-c3cccc4c(-c5ccccc5C=O)cccc34)cccc12. The Bertz CT molecular complexity index is 1650. The molecule has 0 aliphatic heterocycles. The van der Waals surface area contributed by atoms with Gasteiger partial charge in [-0.1, -0.05) is 121 Å². The largest absolute Gasteiger partial charge is 0.298 e. The molecule has 0 unspecified atom stereocenters. The Kier molecular flexibility index (Phi) is 5.48. The lowest BCUT2D eigenvalue weighted by Gasteiger charge is -2.15. The van der Waals surface area contributed by atoms with Gasteiger partial charge in [-0.3, -0.25) is 9.59 Å². The van der Waals surface area contributed by atoms with Crippen LogP contribution in [0, 0.1) is 0 Å². The molecule has 0 radical (unpaired) electrons. The van der Waals surface area contributed by atoms with Gasteiger partial charge in [0.25, 0.3) is 0 Å². The minimum Gasteiger partial charge on any atom is -0.298 e. The molecule has 0 aliphatic rings. The summed E-state index contributed by atoms with van der Waals surface area (Å²) in [7, 11) is 0. The maximum Gasteiger partial charge on any atom is 0.150 e. The summed E-state index contributed by atoms with van der Waals surface area (Å²) in [5, 5.41) is 4.45. The number of fused-ring (bicyclic) bond motifs is 2. The highest BCUT2D eigenvalue weighted by atomic mass is 16.1. The third-order valence-electron chi connectivity index (χ3n) is 6.89. The molecule has 0 aromatic heterocycles. The van der Waals surface area contributed by atoms with Gasteiger partial charge >= 0.3 is 0 Å². The molecule has 0 fully saturated rings. The lowest BCUT2D eigenvalue weighted by atomic mass is 9.88. The average Bonchev–Trinajstić information content (AvgIpc) is 2.96. The molecule has 2 heteroatoms. The van der Waals surface area contributed by atoms with Gasteiger partial charge in [-0.15, -0.1) is 0 Å². The fourth-order valence-electron chi connectivity index (χ4n) is 5.25. The Morgan fingerprint density at radius 1 is 0.306 bits per heavy atom. The molecule has 0 spiro atoms. The van der Waals surface area contributed by atoms with Crippen molar-refractivity contribution in [3.63, 3.8) is 0 Å². The maximum atomic E-state index is 11.7. The number of benzene rings is 6. The van der Waals surface area contributed by atoms with Crippen LogP contribution in [0.1, 0.15) is 20.7 Å². The van der Waals surface area contributed by atoms with Crippen LogP contribution in [0.2, 0.25) is 0 Å². The standard InChI is InChI=1S/C34H22O2/c35-21-23-9-1-3-11-25(23)27-13-5-17-31-29(27)15-7-19-33(31)34-20-8-16-30-28(14-6-18-32(30)34)26-12-4-2-10-24(26)22-36/h1-22H. The first-order valence-corrected chi connectivity index (χ1v) is 11.9. The van der Waals surface area contributed by atoms with Crippen LogP contribution in [0.25, 0.3) is 54.9 Å². The quantitative estimate of drug-likeness (QED) is 0.240. The summed E-state index contributed by atoms with van der Waals surface area (Å²) in [5.74, 6) is 0. The van der Waals surface area contributed by atoms with Gasteiger partial charge in [-0.05, 0) is 54.9 Å². The van der Waals surface area contributed by atoms with Crippen molar-refractivity contribution < 1.29 is 9.59 Å². The summed E-state index contributed by atoms with van der Waals surface area (Å²) in [6.07, 6.45) is 1.84. The third kappa shape index (κ3) is 3.52. The average molecular weight is 463 g/mol. The molecular formula is C34H22O2. The molecule has 36 heavy (non-hydrogen) atoms. The molecule has 0 N–H and O–H groups in total. The van der Waals surface area contributed by atoms with Crippen LogP contribution in [-0.2, 0) is 0 Å². The number of hydrogen-bond acceptors (Lipinski definition) is 2. The van der Waals surface area contributed by atoms with Crippen molar-refractivity contribution in [3.05, 3.63) is 132 Å². The molecule has 170 valence electrons. The zero-order chi connectivity index (χ0) is 24.5. The van der Waals surface area contributed by atoms with Gasteiger partial charge in [0.15, 0.2) is 12.6 Å². The van der Waals surface area contributed by atoms with Crippen LogP contribution in [0.4, 0.5) is 0 Å². The predicted octanol–water partition coefficient (Wildman–Crippen LogP) is 8.62. The second-order valence-electron chi connectivity index (χ2n) is 8.82. The molecule has 0 amide bonds. The molecule has 6 aromatic rings. The Balaban J connectivity index is 1.61. The van der Waals surface area contributed by atoms with Gasteiger partial charge in [-0.2, -0.15) is 0 Å². The van der Waals surface area contributed by atoms with Crippen LogP contribution in [0.5, 0.6) is 0 Å². The van der Waals surface area contributed by atoms with Crippen LogP contribution in [-0.4, -0.2) is 12.6 Å². The second kappa shape index (κ2) is 9.09. The molecule has 0 saturated carbocycles. The van der Waals surface area contributed by atoms with E-state index in [1.54, 1.807) is 0 Å². The molecule has 0 aliphatic carbocycles. The lowest BCUT2D eigenvalue weighted by Crippen LogP contribution is -1.91. The van der Waals surface area contributed by atoms with E-state index in [0.29, 0.717) is 11.1 Å². The van der Waals surface area contributed by atoms with Gasteiger partial charge < -0.3 is 0 Å². The van der Waals surface area contributed by atoms with Crippen LogP contribution >= 0.6 is 0 Å². The Morgan fingerprint density at radius 2 is 0.583 bits per heavy atom. The van der Waals surface area contributed by atoms with E-state index in [1.165, 1.54) is 0 Å². The fourth-order valence-corrected chi connectivity index (χ4v) is 5.25. The summed E-state index contributed by atoms with van der Waals surface area (Å²) in [5.41, 5.74) is 7.56. The minimum absolute atomic E-state index is 0.680. The van der Waals surface area contributed by atoms with Gasteiger partial charge in [0, 0.05) is 11.1 Å². The summed E-state index contributed by atoms with van der Waals surface area (Å²) in [6, 6.07) is 40.7. The number of carbonyl (C=O) groups excluding carboxylic acids is 2. The third-order valence-corrected chi connectivity index (χ3v) is 6.89. The van der Waals surface area contributed by atoms with E-state index < -0.39 is 0 Å². The number of carbonyl (C=O) groups is 2. The van der Waals surface area contributed by atoms with E-state index in [4.69, 9.17) is 0 Å². The molecular weight excluding hydrogens is 440 g/mol. The van der Waals surface area contributed by atoms with Crippen molar-refractivity contribution in [1.29, 1.82) is 0 Å². The topological polar surface area (TPSA) is 34.1 Å². The molecule has 2 nitrogen and oxygen atoms in total. The summed E-state index contributed by atoms with van der Waals surface area (Å²) in [6.45, 7) is 0. The summed E-state index contributed by atoms with van der Waals surface area (Å²) < 4.78 is 0.